The first-order valence-electron chi connectivity index (χ1n) is 6.32. The maximum atomic E-state index is 12.0. The first-order chi connectivity index (χ1) is 10.6. The van der Waals surface area contributed by atoms with Gasteiger partial charge < -0.3 is 19.8 Å². The second-order valence-electron chi connectivity index (χ2n) is 4.14. The third kappa shape index (κ3) is 4.26. The Morgan fingerprint density at radius 2 is 2.14 bits per heavy atom. The van der Waals surface area contributed by atoms with Gasteiger partial charge in [-0.1, -0.05) is 11.8 Å². The minimum absolute atomic E-state index is 0.104. The van der Waals surface area contributed by atoms with Gasteiger partial charge in [0.15, 0.2) is 5.16 Å². The molecule has 0 aliphatic rings. The molecule has 2 aromatic rings. The molecule has 0 spiro atoms. The number of H-pyrrole nitrogens is 1. The summed E-state index contributed by atoms with van der Waals surface area (Å²) in [6.07, 6.45) is 1.39. The summed E-state index contributed by atoms with van der Waals surface area (Å²) in [4.78, 5) is 29.6. The van der Waals surface area contributed by atoms with E-state index >= 15 is 0 Å². The molecule has 1 aromatic heterocycles. The van der Waals surface area contributed by atoms with E-state index in [4.69, 9.17) is 9.47 Å². The number of methoxy groups -OCH3 is 2. The molecule has 0 unspecified atom stereocenters. The number of amides is 1. The van der Waals surface area contributed by atoms with Gasteiger partial charge in [-0.25, -0.2) is 4.98 Å². The lowest BCUT2D eigenvalue weighted by Gasteiger charge is -2.11. The van der Waals surface area contributed by atoms with Crippen molar-refractivity contribution in [2.45, 2.75) is 5.16 Å². The van der Waals surface area contributed by atoms with Crippen molar-refractivity contribution < 1.29 is 14.3 Å². The number of thioether (sulfide) groups is 1. The lowest BCUT2D eigenvalue weighted by atomic mass is 10.2. The van der Waals surface area contributed by atoms with Crippen molar-refractivity contribution >= 4 is 23.4 Å². The van der Waals surface area contributed by atoms with Crippen LogP contribution in [-0.2, 0) is 4.79 Å². The normalized spacial score (nSPS) is 10.1. The van der Waals surface area contributed by atoms with Gasteiger partial charge in [0.1, 0.15) is 11.5 Å². The fraction of sp³-hybridized carbons (Fsp3) is 0.214. The zero-order chi connectivity index (χ0) is 15.9. The Bertz CT molecular complexity index is 717. The molecule has 116 valence electrons. The maximum absolute atomic E-state index is 12.0. The summed E-state index contributed by atoms with van der Waals surface area (Å²) in [6.45, 7) is 0. The average Bonchev–Trinajstić information content (AvgIpc) is 2.53. The summed E-state index contributed by atoms with van der Waals surface area (Å²) in [7, 11) is 3.06. The molecule has 1 aromatic carbocycles. The van der Waals surface area contributed by atoms with E-state index in [-0.39, 0.29) is 17.2 Å². The Labute approximate surface area is 131 Å². The lowest BCUT2D eigenvalue weighted by Crippen LogP contribution is -2.15. The molecule has 0 saturated carbocycles. The van der Waals surface area contributed by atoms with Gasteiger partial charge in [-0.05, 0) is 12.1 Å². The number of rotatable bonds is 6. The van der Waals surface area contributed by atoms with E-state index in [1.807, 2.05) is 0 Å². The third-order valence-electron chi connectivity index (χ3n) is 2.67. The van der Waals surface area contributed by atoms with Crippen LogP contribution in [0.4, 0.5) is 5.69 Å². The Balaban J connectivity index is 2.01. The lowest BCUT2D eigenvalue weighted by molar-refractivity contribution is -0.113. The predicted molar refractivity (Wildman–Crippen MR) is 83.8 cm³/mol. The first kappa shape index (κ1) is 15.9. The van der Waals surface area contributed by atoms with Crippen LogP contribution in [0.15, 0.2) is 40.4 Å². The van der Waals surface area contributed by atoms with Gasteiger partial charge in [-0.3, -0.25) is 9.59 Å². The molecule has 22 heavy (non-hydrogen) atoms. The molecule has 0 aliphatic carbocycles. The van der Waals surface area contributed by atoms with Gasteiger partial charge in [0.05, 0.1) is 25.7 Å². The van der Waals surface area contributed by atoms with E-state index in [1.165, 1.54) is 19.4 Å². The van der Waals surface area contributed by atoms with Crippen LogP contribution in [-0.4, -0.2) is 35.8 Å². The predicted octanol–water partition coefficient (Wildman–Crippen LogP) is 1.52. The molecule has 7 nitrogen and oxygen atoms in total. The molecular weight excluding hydrogens is 306 g/mol. The van der Waals surface area contributed by atoms with E-state index < -0.39 is 0 Å². The molecule has 0 aliphatic heterocycles. The number of ether oxygens (including phenoxy) is 2. The topological polar surface area (TPSA) is 93.3 Å². The molecule has 1 heterocycles. The van der Waals surface area contributed by atoms with Gasteiger partial charge in [0.2, 0.25) is 5.91 Å². The van der Waals surface area contributed by atoms with E-state index in [2.05, 4.69) is 15.3 Å². The number of aromatic amines is 1. The van der Waals surface area contributed by atoms with Crippen molar-refractivity contribution in [2.75, 3.05) is 25.3 Å². The zero-order valence-electron chi connectivity index (χ0n) is 12.1. The number of benzene rings is 1. The fourth-order valence-electron chi connectivity index (χ4n) is 1.66. The molecular formula is C14H15N3O4S. The number of nitrogens with zero attached hydrogens (tertiary/aromatic N) is 1. The first-order valence-corrected chi connectivity index (χ1v) is 7.31. The average molecular weight is 321 g/mol. The number of anilines is 1. The summed E-state index contributed by atoms with van der Waals surface area (Å²) in [6, 6.07) is 6.43. The molecule has 0 atom stereocenters. The Morgan fingerprint density at radius 1 is 1.32 bits per heavy atom. The smallest absolute Gasteiger partial charge is 0.251 e. The van der Waals surface area contributed by atoms with E-state index in [0.717, 1.165) is 11.8 Å². The van der Waals surface area contributed by atoms with Crippen molar-refractivity contribution in [3.63, 3.8) is 0 Å². The van der Waals surface area contributed by atoms with Crippen LogP contribution in [0.5, 0.6) is 11.5 Å². The summed E-state index contributed by atoms with van der Waals surface area (Å²) in [5.74, 6) is 0.999. The molecule has 8 heteroatoms. The molecule has 1 amide bonds. The highest BCUT2D eigenvalue weighted by Gasteiger charge is 2.10. The maximum Gasteiger partial charge on any atom is 0.251 e. The van der Waals surface area contributed by atoms with Crippen molar-refractivity contribution in [3.05, 3.63) is 40.8 Å². The Morgan fingerprint density at radius 3 is 2.82 bits per heavy atom. The van der Waals surface area contributed by atoms with E-state index in [1.54, 1.807) is 25.3 Å². The molecule has 0 saturated heterocycles. The number of carbonyl (C=O) groups is 1. The number of hydrogen-bond donors (Lipinski definition) is 2. The molecule has 2 N–H and O–H groups in total. The standard InChI is InChI=1S/C14H15N3O4S/c1-20-9-3-4-11(21-2)10(7-9)16-13(19)8-22-14-15-6-5-12(18)17-14/h3-7H,8H2,1-2H3,(H,16,19)(H,15,17,18). The van der Waals surface area contributed by atoms with Crippen molar-refractivity contribution in [2.24, 2.45) is 0 Å². The van der Waals surface area contributed by atoms with Gasteiger partial charge in [-0.2, -0.15) is 0 Å². The van der Waals surface area contributed by atoms with Gasteiger partial charge >= 0.3 is 0 Å². The molecule has 2 rings (SSSR count). The van der Waals surface area contributed by atoms with Crippen molar-refractivity contribution in [1.29, 1.82) is 0 Å². The molecule has 0 radical (unpaired) electrons. The van der Waals surface area contributed by atoms with Crippen LogP contribution >= 0.6 is 11.8 Å². The molecule has 0 fully saturated rings. The van der Waals surface area contributed by atoms with E-state index in [0.29, 0.717) is 22.3 Å². The van der Waals surface area contributed by atoms with Gasteiger partial charge in [0.25, 0.3) is 5.56 Å². The van der Waals surface area contributed by atoms with Crippen LogP contribution in [0, 0.1) is 0 Å². The summed E-state index contributed by atoms with van der Waals surface area (Å²) < 4.78 is 10.3. The van der Waals surface area contributed by atoms with Crippen LogP contribution < -0.4 is 20.3 Å². The highest BCUT2D eigenvalue weighted by Crippen LogP contribution is 2.29. The Kier molecular flexibility index (Phi) is 5.42. The number of hydrogen-bond acceptors (Lipinski definition) is 6. The SMILES string of the molecule is COc1ccc(OC)c(NC(=O)CSc2nccc(=O)[nH]2)c1. The van der Waals surface area contributed by atoms with Crippen molar-refractivity contribution in [3.8, 4) is 11.5 Å². The molecule has 0 bridgehead atoms. The number of aromatic nitrogens is 2. The summed E-state index contributed by atoms with van der Waals surface area (Å²) in [5, 5.41) is 3.13. The summed E-state index contributed by atoms with van der Waals surface area (Å²) in [5.41, 5.74) is 0.259. The van der Waals surface area contributed by atoms with Crippen LogP contribution in [0.1, 0.15) is 0 Å². The second kappa shape index (κ2) is 7.51. The monoisotopic (exact) mass is 321 g/mol. The zero-order valence-corrected chi connectivity index (χ0v) is 12.9. The summed E-state index contributed by atoms with van der Waals surface area (Å²) >= 11 is 1.13. The number of carbonyl (C=O) groups excluding carboxylic acids is 1. The highest BCUT2D eigenvalue weighted by atomic mass is 32.2. The quantitative estimate of drug-likeness (QED) is 0.619. The second-order valence-corrected chi connectivity index (χ2v) is 5.11. The van der Waals surface area contributed by atoms with Crippen LogP contribution in [0.3, 0.4) is 0 Å². The minimum atomic E-state index is -0.257. The third-order valence-corrected chi connectivity index (χ3v) is 3.56. The van der Waals surface area contributed by atoms with Crippen molar-refractivity contribution in [1.82, 2.24) is 9.97 Å². The van der Waals surface area contributed by atoms with Crippen LogP contribution in [0.2, 0.25) is 0 Å². The Hall–Kier alpha value is -2.48. The number of nitrogens with one attached hydrogen (secondary N) is 2. The fourth-order valence-corrected chi connectivity index (χ4v) is 2.31. The highest BCUT2D eigenvalue weighted by molar-refractivity contribution is 7.99. The van der Waals surface area contributed by atoms with E-state index in [9.17, 15) is 9.59 Å². The minimum Gasteiger partial charge on any atom is -0.497 e. The largest absolute Gasteiger partial charge is 0.497 e. The van der Waals surface area contributed by atoms with Crippen LogP contribution in [0.25, 0.3) is 0 Å². The van der Waals surface area contributed by atoms with Gasteiger partial charge in [-0.15, -0.1) is 0 Å². The van der Waals surface area contributed by atoms with Gasteiger partial charge in [0, 0.05) is 18.3 Å².